The van der Waals surface area contributed by atoms with E-state index in [2.05, 4.69) is 50.1 Å². The van der Waals surface area contributed by atoms with E-state index in [0.29, 0.717) is 17.5 Å². The zero-order valence-electron chi connectivity index (χ0n) is 16.5. The van der Waals surface area contributed by atoms with E-state index < -0.39 is 0 Å². The van der Waals surface area contributed by atoms with Crippen LogP contribution in [0.2, 0.25) is 5.02 Å². The van der Waals surface area contributed by atoms with Crippen molar-refractivity contribution in [2.45, 2.75) is 26.3 Å². The average molecular weight is 397 g/mol. The summed E-state index contributed by atoms with van der Waals surface area (Å²) < 4.78 is 1.95. The van der Waals surface area contributed by atoms with E-state index in [4.69, 9.17) is 16.6 Å². The number of halogens is 1. The zero-order chi connectivity index (χ0) is 19.8. The minimum absolute atomic E-state index is 0.134. The van der Waals surface area contributed by atoms with Crippen LogP contribution in [0.3, 0.4) is 0 Å². The second kappa shape index (κ2) is 7.57. The highest BCUT2D eigenvalue weighted by Gasteiger charge is 2.26. The molecule has 5 nitrogen and oxygen atoms in total. The van der Waals surface area contributed by atoms with Gasteiger partial charge in [0.1, 0.15) is 5.65 Å². The van der Waals surface area contributed by atoms with Crippen molar-refractivity contribution in [3.8, 4) is 11.3 Å². The molecular formula is C22H25ClN4O. The lowest BCUT2D eigenvalue weighted by atomic mass is 10.1. The Morgan fingerprint density at radius 3 is 2.64 bits per heavy atom. The highest BCUT2D eigenvalue weighted by molar-refractivity contribution is 6.30. The summed E-state index contributed by atoms with van der Waals surface area (Å²) in [6, 6.07) is 12.4. The molecule has 3 aromatic rings. The molecule has 28 heavy (non-hydrogen) atoms. The molecule has 0 spiro atoms. The van der Waals surface area contributed by atoms with E-state index in [1.807, 2.05) is 27.6 Å². The summed E-state index contributed by atoms with van der Waals surface area (Å²) in [7, 11) is 2.11. The zero-order valence-corrected chi connectivity index (χ0v) is 17.3. The highest BCUT2D eigenvalue weighted by Crippen LogP contribution is 2.27. The topological polar surface area (TPSA) is 40.9 Å². The van der Waals surface area contributed by atoms with Crippen LogP contribution >= 0.6 is 11.6 Å². The Morgan fingerprint density at radius 1 is 1.18 bits per heavy atom. The third kappa shape index (κ3) is 3.64. The molecule has 1 saturated heterocycles. The molecule has 2 aromatic heterocycles. The number of carbonyl (C=O) groups is 1. The smallest absolute Gasteiger partial charge is 0.228 e. The normalized spacial score (nSPS) is 18.0. The molecule has 1 aliphatic heterocycles. The molecule has 0 aliphatic carbocycles. The minimum atomic E-state index is 0.134. The van der Waals surface area contributed by atoms with Crippen molar-refractivity contribution < 1.29 is 4.79 Å². The van der Waals surface area contributed by atoms with Gasteiger partial charge in [0.2, 0.25) is 5.91 Å². The first-order valence-electron chi connectivity index (χ1n) is 9.64. The van der Waals surface area contributed by atoms with Gasteiger partial charge in [0, 0.05) is 37.4 Å². The summed E-state index contributed by atoms with van der Waals surface area (Å²) in [6.07, 6.45) is 2.15. The maximum Gasteiger partial charge on any atom is 0.228 e. The van der Waals surface area contributed by atoms with Crippen LogP contribution in [0.1, 0.15) is 18.2 Å². The number of nitrogens with zero attached hydrogens (tertiary/aromatic N) is 4. The quantitative estimate of drug-likeness (QED) is 0.678. The fourth-order valence-electron chi connectivity index (χ4n) is 3.71. The SMILES string of the molecule is Cc1ccc(-c2nc3ccc(Cl)cn3c2CC(=O)N2CCN(C)C(C)C2)cc1. The summed E-state index contributed by atoms with van der Waals surface area (Å²) in [4.78, 5) is 22.2. The third-order valence-corrected chi connectivity index (χ3v) is 5.86. The highest BCUT2D eigenvalue weighted by atomic mass is 35.5. The lowest BCUT2D eigenvalue weighted by Gasteiger charge is -2.37. The molecular weight excluding hydrogens is 372 g/mol. The van der Waals surface area contributed by atoms with Crippen LogP contribution in [0.5, 0.6) is 0 Å². The van der Waals surface area contributed by atoms with E-state index in [-0.39, 0.29) is 5.91 Å². The van der Waals surface area contributed by atoms with Crippen molar-refractivity contribution in [1.29, 1.82) is 0 Å². The van der Waals surface area contributed by atoms with Crippen LogP contribution in [-0.2, 0) is 11.2 Å². The van der Waals surface area contributed by atoms with E-state index in [1.165, 1.54) is 5.56 Å². The number of hydrogen-bond acceptors (Lipinski definition) is 3. The van der Waals surface area contributed by atoms with Gasteiger partial charge in [0.05, 0.1) is 22.8 Å². The molecule has 1 atom stereocenters. The first-order valence-corrected chi connectivity index (χ1v) is 10.0. The standard InChI is InChI=1S/C22H25ClN4O/c1-15-4-6-17(7-5-15)22-19(27-14-18(23)8-9-20(27)24-22)12-21(28)26-11-10-25(3)16(2)13-26/h4-9,14,16H,10-13H2,1-3H3. The maximum atomic E-state index is 13.1. The predicted molar refractivity (Wildman–Crippen MR) is 113 cm³/mol. The van der Waals surface area contributed by atoms with Crippen molar-refractivity contribution in [2.24, 2.45) is 0 Å². The summed E-state index contributed by atoms with van der Waals surface area (Å²) in [5.74, 6) is 0.134. The van der Waals surface area contributed by atoms with E-state index in [1.54, 1.807) is 0 Å². The van der Waals surface area contributed by atoms with Crippen LogP contribution in [0.15, 0.2) is 42.6 Å². The first kappa shape index (κ1) is 19.0. The molecule has 6 heteroatoms. The van der Waals surface area contributed by atoms with Gasteiger partial charge in [0.25, 0.3) is 0 Å². The Kier molecular flexibility index (Phi) is 5.13. The number of hydrogen-bond donors (Lipinski definition) is 0. The number of fused-ring (bicyclic) bond motifs is 1. The summed E-state index contributed by atoms with van der Waals surface area (Å²) in [6.45, 7) is 6.64. The molecule has 146 valence electrons. The fourth-order valence-corrected chi connectivity index (χ4v) is 3.87. The van der Waals surface area contributed by atoms with Crippen LogP contribution in [-0.4, -0.2) is 57.8 Å². The van der Waals surface area contributed by atoms with Crippen molar-refractivity contribution >= 4 is 23.2 Å². The van der Waals surface area contributed by atoms with Crippen LogP contribution in [0.4, 0.5) is 0 Å². The number of rotatable bonds is 3. The number of carbonyl (C=O) groups excluding carboxylic acids is 1. The molecule has 0 radical (unpaired) electrons. The molecule has 0 saturated carbocycles. The number of benzene rings is 1. The van der Waals surface area contributed by atoms with Gasteiger partial charge in [0.15, 0.2) is 0 Å². The number of piperazine rings is 1. The Balaban J connectivity index is 1.72. The second-order valence-corrected chi connectivity index (χ2v) is 8.13. The molecule has 1 aromatic carbocycles. The predicted octanol–water partition coefficient (Wildman–Crippen LogP) is 3.67. The minimum Gasteiger partial charge on any atom is -0.340 e. The summed E-state index contributed by atoms with van der Waals surface area (Å²) >= 11 is 6.24. The van der Waals surface area contributed by atoms with Gasteiger partial charge >= 0.3 is 0 Å². The van der Waals surface area contributed by atoms with Crippen LogP contribution < -0.4 is 0 Å². The third-order valence-electron chi connectivity index (χ3n) is 5.64. The number of aryl methyl sites for hydroxylation is 1. The number of aromatic nitrogens is 2. The average Bonchev–Trinajstić information content (AvgIpc) is 3.02. The molecule has 4 rings (SSSR count). The van der Waals surface area contributed by atoms with Crippen LogP contribution in [0.25, 0.3) is 16.9 Å². The van der Waals surface area contributed by atoms with Crippen LogP contribution in [0, 0.1) is 6.92 Å². The maximum absolute atomic E-state index is 13.1. The molecule has 1 amide bonds. The molecule has 1 unspecified atom stereocenters. The van der Waals surface area contributed by atoms with Gasteiger partial charge in [-0.25, -0.2) is 4.98 Å². The summed E-state index contributed by atoms with van der Waals surface area (Å²) in [5.41, 5.74) is 4.74. The van der Waals surface area contributed by atoms with E-state index >= 15 is 0 Å². The lowest BCUT2D eigenvalue weighted by Crippen LogP contribution is -2.52. The molecule has 3 heterocycles. The number of amides is 1. The van der Waals surface area contributed by atoms with Gasteiger partial charge < -0.3 is 14.2 Å². The second-order valence-electron chi connectivity index (χ2n) is 7.69. The molecule has 1 fully saturated rings. The first-order chi connectivity index (χ1) is 13.4. The molecule has 0 N–H and O–H groups in total. The monoisotopic (exact) mass is 396 g/mol. The van der Waals surface area contributed by atoms with Gasteiger partial charge in [-0.1, -0.05) is 41.4 Å². The van der Waals surface area contributed by atoms with Gasteiger partial charge in [-0.3, -0.25) is 4.79 Å². The van der Waals surface area contributed by atoms with E-state index in [9.17, 15) is 4.79 Å². The Bertz CT molecular complexity index is 1010. The summed E-state index contributed by atoms with van der Waals surface area (Å²) in [5, 5.41) is 0.627. The van der Waals surface area contributed by atoms with Gasteiger partial charge in [-0.2, -0.15) is 0 Å². The largest absolute Gasteiger partial charge is 0.340 e. The number of pyridine rings is 1. The Labute approximate surface area is 170 Å². The van der Waals surface area contributed by atoms with Gasteiger partial charge in [-0.15, -0.1) is 0 Å². The van der Waals surface area contributed by atoms with Crippen molar-refractivity contribution in [2.75, 3.05) is 26.7 Å². The number of likely N-dealkylation sites (N-methyl/N-ethyl adjacent to an activating group) is 1. The Hall–Kier alpha value is -2.37. The van der Waals surface area contributed by atoms with Gasteiger partial charge in [-0.05, 0) is 33.0 Å². The molecule has 1 aliphatic rings. The number of imidazole rings is 1. The van der Waals surface area contributed by atoms with Crippen molar-refractivity contribution in [3.63, 3.8) is 0 Å². The van der Waals surface area contributed by atoms with E-state index in [0.717, 1.165) is 42.2 Å². The van der Waals surface area contributed by atoms with Crippen molar-refractivity contribution in [1.82, 2.24) is 19.2 Å². The lowest BCUT2D eigenvalue weighted by molar-refractivity contribution is -0.133. The fraction of sp³-hybridized carbons (Fsp3) is 0.364. The Morgan fingerprint density at radius 2 is 1.93 bits per heavy atom. The molecule has 0 bridgehead atoms. The van der Waals surface area contributed by atoms with Crippen molar-refractivity contribution in [3.05, 3.63) is 58.9 Å².